The minimum atomic E-state index is -0.279. The first-order valence-electron chi connectivity index (χ1n) is 11.2. The summed E-state index contributed by atoms with van der Waals surface area (Å²) in [6.45, 7) is 3.56. The Hall–Kier alpha value is -4.17. The summed E-state index contributed by atoms with van der Waals surface area (Å²) >= 11 is 0. The first-order chi connectivity index (χ1) is 16.7. The van der Waals surface area contributed by atoms with Crippen molar-refractivity contribution in [3.05, 3.63) is 84.6 Å². The Morgan fingerprint density at radius 2 is 1.82 bits per heavy atom. The highest BCUT2D eigenvalue weighted by Crippen LogP contribution is 2.35. The minimum absolute atomic E-state index is 0.279. The van der Waals surface area contributed by atoms with Crippen LogP contribution in [-0.2, 0) is 0 Å². The number of hydrogen-bond acceptors (Lipinski definition) is 7. The molecule has 0 unspecified atom stereocenters. The highest BCUT2D eigenvalue weighted by Gasteiger charge is 2.21. The molecule has 8 heteroatoms. The van der Waals surface area contributed by atoms with Crippen LogP contribution in [0.3, 0.4) is 0 Å². The van der Waals surface area contributed by atoms with Crippen LogP contribution in [0.25, 0.3) is 27.9 Å². The van der Waals surface area contributed by atoms with Crippen LogP contribution in [0.15, 0.2) is 73.2 Å². The molecule has 2 N–H and O–H groups in total. The van der Waals surface area contributed by atoms with E-state index >= 15 is 0 Å². The molecule has 0 spiro atoms. The third kappa shape index (κ3) is 3.88. The quantitative estimate of drug-likeness (QED) is 0.468. The molecular weight excluding hydrogens is 429 g/mol. The number of anilines is 3. The second kappa shape index (κ2) is 8.64. The van der Waals surface area contributed by atoms with Crippen LogP contribution in [0, 0.1) is 5.82 Å². The van der Waals surface area contributed by atoms with E-state index in [0.717, 1.165) is 65.3 Å². The standard InChI is InChI=1S/C26H22FN7/c27-19-4-6-20(7-5-19)31-23-14-18(8-9-30-23)25-32-22-16-29-15-21(17-2-1-3-17)24(22)26(33-25)34-12-10-28-11-13-34/h1-9,14-16,28H,10-13H2,(H,30,31). The lowest BCUT2D eigenvalue weighted by Gasteiger charge is -2.30. The van der Waals surface area contributed by atoms with Crippen molar-refractivity contribution in [2.45, 2.75) is 0 Å². The Balaban J connectivity index is 1.44. The Morgan fingerprint density at radius 1 is 1.00 bits per heavy atom. The molecule has 0 saturated carbocycles. The molecular formula is C26H22FN7. The number of rotatable bonds is 5. The number of allylic oxidation sites excluding steroid dienone is 4. The average molecular weight is 452 g/mol. The molecule has 0 amide bonds. The van der Waals surface area contributed by atoms with E-state index in [-0.39, 0.29) is 5.82 Å². The van der Waals surface area contributed by atoms with Gasteiger partial charge in [-0.1, -0.05) is 18.2 Å². The number of halogens is 1. The third-order valence-corrected chi connectivity index (χ3v) is 6.00. The van der Waals surface area contributed by atoms with E-state index in [2.05, 4.69) is 37.7 Å². The fourth-order valence-corrected chi connectivity index (χ4v) is 4.21. The third-order valence-electron chi connectivity index (χ3n) is 6.00. The molecule has 6 rings (SSSR count). The largest absolute Gasteiger partial charge is 0.353 e. The predicted octanol–water partition coefficient (Wildman–Crippen LogP) is 4.33. The van der Waals surface area contributed by atoms with Gasteiger partial charge in [0.05, 0.1) is 17.1 Å². The van der Waals surface area contributed by atoms with Crippen LogP contribution in [-0.4, -0.2) is 46.1 Å². The topological polar surface area (TPSA) is 78.9 Å². The van der Waals surface area contributed by atoms with Crippen molar-refractivity contribution in [3.63, 3.8) is 0 Å². The van der Waals surface area contributed by atoms with Crippen LogP contribution in [0.1, 0.15) is 5.56 Å². The van der Waals surface area contributed by atoms with Crippen LogP contribution >= 0.6 is 0 Å². The first kappa shape index (κ1) is 20.4. The predicted molar refractivity (Wildman–Crippen MR) is 132 cm³/mol. The monoisotopic (exact) mass is 451 g/mol. The maximum absolute atomic E-state index is 13.3. The number of piperazine rings is 1. The Labute approximate surface area is 196 Å². The minimum Gasteiger partial charge on any atom is -0.353 e. The Morgan fingerprint density at radius 3 is 2.59 bits per heavy atom. The SMILES string of the molecule is Fc1ccc(Nc2cc(-c3nc(N4CCNCC4)c4c(C5=CC=C5)cncc4n3)ccn2)cc1. The number of nitrogens with one attached hydrogen (secondary N) is 2. The van der Waals surface area contributed by atoms with E-state index in [0.29, 0.717) is 11.6 Å². The van der Waals surface area contributed by atoms with Gasteiger partial charge < -0.3 is 15.5 Å². The molecule has 7 nitrogen and oxygen atoms in total. The van der Waals surface area contributed by atoms with E-state index in [1.807, 2.05) is 24.4 Å². The van der Waals surface area contributed by atoms with Crippen molar-refractivity contribution in [3.8, 4) is 11.4 Å². The lowest BCUT2D eigenvalue weighted by atomic mass is 9.97. The van der Waals surface area contributed by atoms with Gasteiger partial charge in [0.2, 0.25) is 0 Å². The number of nitrogens with zero attached hydrogens (tertiary/aromatic N) is 5. The highest BCUT2D eigenvalue weighted by atomic mass is 19.1. The maximum Gasteiger partial charge on any atom is 0.162 e. The zero-order valence-electron chi connectivity index (χ0n) is 18.4. The summed E-state index contributed by atoms with van der Waals surface area (Å²) in [5.74, 6) is 1.89. The van der Waals surface area contributed by atoms with Gasteiger partial charge in [0.15, 0.2) is 5.82 Å². The zero-order chi connectivity index (χ0) is 22.9. The van der Waals surface area contributed by atoms with Gasteiger partial charge in [0.1, 0.15) is 17.5 Å². The van der Waals surface area contributed by atoms with Gasteiger partial charge in [-0.3, -0.25) is 4.98 Å². The molecule has 1 aromatic carbocycles. The summed E-state index contributed by atoms with van der Waals surface area (Å²) in [6.07, 6.45) is 11.6. The fraction of sp³-hybridized carbons (Fsp3) is 0.154. The summed E-state index contributed by atoms with van der Waals surface area (Å²) in [5.41, 5.74) is 4.59. The van der Waals surface area contributed by atoms with Crippen LogP contribution in [0.5, 0.6) is 0 Å². The lowest BCUT2D eigenvalue weighted by molar-refractivity contribution is 0.586. The van der Waals surface area contributed by atoms with Gasteiger partial charge >= 0.3 is 0 Å². The maximum atomic E-state index is 13.3. The van der Waals surface area contributed by atoms with Gasteiger partial charge in [-0.15, -0.1) is 0 Å². The van der Waals surface area contributed by atoms with E-state index in [1.165, 1.54) is 12.1 Å². The molecule has 168 valence electrons. The molecule has 1 fully saturated rings. The van der Waals surface area contributed by atoms with E-state index < -0.39 is 0 Å². The molecule has 1 aliphatic carbocycles. The molecule has 1 aliphatic heterocycles. The number of pyridine rings is 2. The normalized spacial score (nSPS) is 15.2. The van der Waals surface area contributed by atoms with Crippen LogP contribution < -0.4 is 15.5 Å². The summed E-state index contributed by atoms with van der Waals surface area (Å²) in [6, 6.07) is 9.98. The van der Waals surface area contributed by atoms with E-state index in [1.54, 1.807) is 24.5 Å². The molecule has 0 radical (unpaired) electrons. The van der Waals surface area contributed by atoms with Crippen molar-refractivity contribution in [2.24, 2.45) is 0 Å². The lowest BCUT2D eigenvalue weighted by Crippen LogP contribution is -2.44. The van der Waals surface area contributed by atoms with E-state index in [9.17, 15) is 4.39 Å². The fourth-order valence-electron chi connectivity index (χ4n) is 4.21. The Bertz CT molecular complexity index is 1420. The van der Waals surface area contributed by atoms with Crippen LogP contribution in [0.2, 0.25) is 0 Å². The molecule has 34 heavy (non-hydrogen) atoms. The molecule has 0 bridgehead atoms. The average Bonchev–Trinajstić information content (AvgIpc) is 2.85. The molecule has 3 aromatic heterocycles. The van der Waals surface area contributed by atoms with Crippen LogP contribution in [0.4, 0.5) is 21.7 Å². The van der Waals surface area contributed by atoms with Gasteiger partial charge in [-0.2, -0.15) is 0 Å². The first-order valence-corrected chi connectivity index (χ1v) is 11.2. The number of benzene rings is 1. The molecule has 4 heterocycles. The number of aromatic nitrogens is 4. The summed E-state index contributed by atoms with van der Waals surface area (Å²) in [4.78, 5) is 21.1. The smallest absolute Gasteiger partial charge is 0.162 e. The van der Waals surface area contributed by atoms with Crippen molar-refractivity contribution in [1.29, 1.82) is 0 Å². The molecule has 1 saturated heterocycles. The molecule has 4 aromatic rings. The highest BCUT2D eigenvalue weighted by molar-refractivity contribution is 6.02. The van der Waals surface area contributed by atoms with Gasteiger partial charge in [-0.25, -0.2) is 19.3 Å². The van der Waals surface area contributed by atoms with Gasteiger partial charge in [-0.05, 0) is 42.0 Å². The van der Waals surface area contributed by atoms with Gasteiger partial charge in [0.25, 0.3) is 0 Å². The second-order valence-electron chi connectivity index (χ2n) is 8.23. The van der Waals surface area contributed by atoms with Crippen molar-refractivity contribution < 1.29 is 4.39 Å². The second-order valence-corrected chi connectivity index (χ2v) is 8.23. The molecule has 2 aliphatic rings. The Kier molecular flexibility index (Phi) is 5.20. The van der Waals surface area contributed by atoms with Gasteiger partial charge in [0, 0.05) is 55.4 Å². The van der Waals surface area contributed by atoms with E-state index in [4.69, 9.17) is 9.97 Å². The summed E-state index contributed by atoms with van der Waals surface area (Å²) in [7, 11) is 0. The zero-order valence-corrected chi connectivity index (χ0v) is 18.4. The van der Waals surface area contributed by atoms with Crippen molar-refractivity contribution in [1.82, 2.24) is 25.3 Å². The van der Waals surface area contributed by atoms with Crippen molar-refractivity contribution in [2.75, 3.05) is 36.4 Å². The molecule has 0 atom stereocenters. The van der Waals surface area contributed by atoms with Crippen molar-refractivity contribution >= 4 is 33.8 Å². The number of fused-ring (bicyclic) bond motifs is 1. The summed E-state index contributed by atoms with van der Waals surface area (Å²) in [5, 5.41) is 7.65. The summed E-state index contributed by atoms with van der Waals surface area (Å²) < 4.78 is 13.3. The number of hydrogen-bond donors (Lipinski definition) is 2.